The Balaban J connectivity index is 2.10. The van der Waals surface area contributed by atoms with E-state index in [1.165, 1.54) is 0 Å². The summed E-state index contributed by atoms with van der Waals surface area (Å²) in [5.74, 6) is 2.51. The van der Waals surface area contributed by atoms with Crippen molar-refractivity contribution >= 4 is 12.0 Å². The molecule has 1 fully saturated rings. The molecule has 0 N–H and O–H groups in total. The van der Waals surface area contributed by atoms with Crippen LogP contribution in [0.15, 0.2) is 36.0 Å². The lowest BCUT2D eigenvalue weighted by molar-refractivity contribution is -0.118. The number of likely N-dealkylation sites (tertiary alicyclic amines) is 1. The van der Waals surface area contributed by atoms with Crippen molar-refractivity contribution in [1.29, 1.82) is 0 Å². The third kappa shape index (κ3) is 3.44. The Morgan fingerprint density at radius 3 is 2.72 bits per heavy atom. The smallest absolute Gasteiger partial charge is 0.231 e. The third-order valence-corrected chi connectivity index (χ3v) is 5.26. The fraction of sp³-hybridized carbons (Fsp3) is 0.476. The molecule has 0 aliphatic carbocycles. The van der Waals surface area contributed by atoms with Gasteiger partial charge in [0.2, 0.25) is 13.2 Å². The summed E-state index contributed by atoms with van der Waals surface area (Å²) >= 11 is 0. The SMILES string of the molecule is C/C=C\C(=C1\C(CC)CC(CC)CN1C=O)c1ccc2c(c1)OCO2. The van der Waals surface area contributed by atoms with Gasteiger partial charge >= 0.3 is 0 Å². The van der Waals surface area contributed by atoms with Crippen LogP contribution < -0.4 is 9.47 Å². The van der Waals surface area contributed by atoms with Crippen LogP contribution in [0.4, 0.5) is 0 Å². The number of rotatable bonds is 5. The molecular formula is C21H27NO3. The minimum absolute atomic E-state index is 0.268. The van der Waals surface area contributed by atoms with E-state index < -0.39 is 0 Å². The van der Waals surface area contributed by atoms with Crippen LogP contribution in [-0.4, -0.2) is 24.6 Å². The first kappa shape index (κ1) is 17.6. The largest absolute Gasteiger partial charge is 0.454 e. The van der Waals surface area contributed by atoms with E-state index in [0.29, 0.717) is 11.8 Å². The van der Waals surface area contributed by atoms with Gasteiger partial charge in [-0.15, -0.1) is 0 Å². The highest BCUT2D eigenvalue weighted by Gasteiger charge is 2.31. The van der Waals surface area contributed by atoms with Crippen LogP contribution in [0.3, 0.4) is 0 Å². The van der Waals surface area contributed by atoms with Gasteiger partial charge in [0.25, 0.3) is 0 Å². The highest BCUT2D eigenvalue weighted by atomic mass is 16.7. The zero-order valence-electron chi connectivity index (χ0n) is 15.3. The Labute approximate surface area is 150 Å². The van der Waals surface area contributed by atoms with E-state index in [1.807, 2.05) is 30.0 Å². The number of nitrogens with zero attached hydrogens (tertiary/aromatic N) is 1. The molecule has 0 radical (unpaired) electrons. The van der Waals surface area contributed by atoms with Crippen molar-refractivity contribution in [2.45, 2.75) is 40.0 Å². The van der Waals surface area contributed by atoms with Gasteiger partial charge in [0, 0.05) is 17.8 Å². The highest BCUT2D eigenvalue weighted by Crippen LogP contribution is 2.41. The van der Waals surface area contributed by atoms with Gasteiger partial charge in [-0.05, 0) is 49.3 Å². The molecule has 2 unspecified atom stereocenters. The molecule has 2 aliphatic heterocycles. The Morgan fingerprint density at radius 1 is 1.24 bits per heavy atom. The predicted molar refractivity (Wildman–Crippen MR) is 99.2 cm³/mol. The topological polar surface area (TPSA) is 38.8 Å². The first-order valence-electron chi connectivity index (χ1n) is 9.20. The van der Waals surface area contributed by atoms with Crippen LogP contribution in [0, 0.1) is 11.8 Å². The van der Waals surface area contributed by atoms with Crippen LogP contribution in [0.1, 0.15) is 45.6 Å². The van der Waals surface area contributed by atoms with E-state index in [4.69, 9.17) is 9.47 Å². The van der Waals surface area contributed by atoms with Crippen LogP contribution >= 0.6 is 0 Å². The molecule has 0 spiro atoms. The van der Waals surface area contributed by atoms with Gasteiger partial charge in [0.15, 0.2) is 11.5 Å². The number of ether oxygens (including phenoxy) is 2. The molecule has 2 heterocycles. The minimum Gasteiger partial charge on any atom is -0.454 e. The second-order valence-electron chi connectivity index (χ2n) is 6.74. The Hall–Kier alpha value is -2.23. The van der Waals surface area contributed by atoms with Gasteiger partial charge in [-0.25, -0.2) is 0 Å². The molecule has 1 saturated heterocycles. The summed E-state index contributed by atoms with van der Waals surface area (Å²) in [6, 6.07) is 6.02. The van der Waals surface area contributed by atoms with Crippen molar-refractivity contribution in [2.75, 3.05) is 13.3 Å². The lowest BCUT2D eigenvalue weighted by Gasteiger charge is -2.39. The lowest BCUT2D eigenvalue weighted by Crippen LogP contribution is -2.38. The number of hydrogen-bond donors (Lipinski definition) is 0. The van der Waals surface area contributed by atoms with Crippen molar-refractivity contribution in [2.24, 2.45) is 11.8 Å². The number of fused-ring (bicyclic) bond motifs is 1. The molecule has 134 valence electrons. The Kier molecular flexibility index (Phi) is 5.47. The molecule has 1 aromatic rings. The number of allylic oxidation sites excluding steroid dienone is 4. The minimum atomic E-state index is 0.268. The molecule has 0 bridgehead atoms. The number of piperidine rings is 1. The van der Waals surface area contributed by atoms with E-state index in [2.05, 4.69) is 26.0 Å². The highest BCUT2D eigenvalue weighted by molar-refractivity contribution is 5.80. The van der Waals surface area contributed by atoms with E-state index in [1.54, 1.807) is 0 Å². The number of benzene rings is 1. The van der Waals surface area contributed by atoms with Crippen molar-refractivity contribution in [3.05, 3.63) is 41.6 Å². The molecule has 4 nitrogen and oxygen atoms in total. The van der Waals surface area contributed by atoms with E-state index >= 15 is 0 Å². The normalized spacial score (nSPS) is 24.7. The first-order valence-corrected chi connectivity index (χ1v) is 9.20. The Bertz CT molecular complexity index is 692. The van der Waals surface area contributed by atoms with E-state index in [9.17, 15) is 4.79 Å². The Morgan fingerprint density at radius 2 is 2.04 bits per heavy atom. The number of carbonyl (C=O) groups excluding carboxylic acids is 1. The van der Waals surface area contributed by atoms with Crippen molar-refractivity contribution in [1.82, 2.24) is 4.90 Å². The van der Waals surface area contributed by atoms with Gasteiger partial charge in [-0.3, -0.25) is 4.79 Å². The maximum atomic E-state index is 11.8. The van der Waals surface area contributed by atoms with Gasteiger partial charge in [0.05, 0.1) is 0 Å². The van der Waals surface area contributed by atoms with Gasteiger partial charge in [0.1, 0.15) is 0 Å². The quantitative estimate of drug-likeness (QED) is 0.734. The van der Waals surface area contributed by atoms with Crippen LogP contribution in [0.2, 0.25) is 0 Å². The number of hydrogen-bond acceptors (Lipinski definition) is 3. The van der Waals surface area contributed by atoms with E-state index in [0.717, 1.165) is 60.5 Å². The van der Waals surface area contributed by atoms with Crippen LogP contribution in [0.25, 0.3) is 5.57 Å². The molecule has 2 aliphatic rings. The molecule has 25 heavy (non-hydrogen) atoms. The summed E-state index contributed by atoms with van der Waals surface area (Å²) in [7, 11) is 0. The molecule has 1 aromatic carbocycles. The van der Waals surface area contributed by atoms with Crippen molar-refractivity contribution < 1.29 is 14.3 Å². The standard InChI is InChI=1S/C21H27NO3/c1-4-7-18(17-8-9-19-20(11-17)25-14-24-19)21-16(6-3)10-15(5-2)12-22(21)13-23/h4,7-9,11,13,15-16H,5-6,10,12,14H2,1-3H3/b7-4-,21-18+. The lowest BCUT2D eigenvalue weighted by atomic mass is 9.81. The van der Waals surface area contributed by atoms with Crippen LogP contribution in [-0.2, 0) is 4.79 Å². The molecule has 3 rings (SSSR count). The van der Waals surface area contributed by atoms with Gasteiger partial charge in [-0.1, -0.05) is 38.5 Å². The average Bonchev–Trinajstić information content (AvgIpc) is 3.12. The van der Waals surface area contributed by atoms with Crippen LogP contribution in [0.5, 0.6) is 11.5 Å². The second kappa shape index (κ2) is 7.77. The van der Waals surface area contributed by atoms with Crippen molar-refractivity contribution in [3.8, 4) is 11.5 Å². The summed E-state index contributed by atoms with van der Waals surface area (Å²) in [5, 5.41) is 0. The molecule has 1 amide bonds. The number of carbonyl (C=O) groups is 1. The molecule has 4 heteroatoms. The molecule has 0 saturated carbocycles. The average molecular weight is 341 g/mol. The maximum Gasteiger partial charge on any atom is 0.231 e. The monoisotopic (exact) mass is 341 g/mol. The zero-order chi connectivity index (χ0) is 17.8. The maximum absolute atomic E-state index is 11.8. The fourth-order valence-electron chi connectivity index (χ4n) is 3.89. The zero-order valence-corrected chi connectivity index (χ0v) is 15.3. The predicted octanol–water partition coefficient (Wildman–Crippen LogP) is 4.62. The second-order valence-corrected chi connectivity index (χ2v) is 6.74. The molecular weight excluding hydrogens is 314 g/mol. The molecule has 2 atom stereocenters. The summed E-state index contributed by atoms with van der Waals surface area (Å²) in [5.41, 5.74) is 3.31. The van der Waals surface area contributed by atoms with Crippen molar-refractivity contribution in [3.63, 3.8) is 0 Å². The summed E-state index contributed by atoms with van der Waals surface area (Å²) in [4.78, 5) is 13.8. The fourth-order valence-corrected chi connectivity index (χ4v) is 3.89. The summed E-state index contributed by atoms with van der Waals surface area (Å²) in [6.45, 7) is 7.50. The molecule has 0 aromatic heterocycles. The van der Waals surface area contributed by atoms with Gasteiger partial charge in [-0.2, -0.15) is 0 Å². The summed E-state index contributed by atoms with van der Waals surface area (Å²) < 4.78 is 11.0. The third-order valence-electron chi connectivity index (χ3n) is 5.26. The first-order chi connectivity index (χ1) is 12.2. The van der Waals surface area contributed by atoms with E-state index in [-0.39, 0.29) is 6.79 Å². The number of amides is 1. The van der Waals surface area contributed by atoms with Gasteiger partial charge < -0.3 is 14.4 Å². The summed E-state index contributed by atoms with van der Waals surface area (Å²) in [6.07, 6.45) is 8.42.